The average Bonchev–Trinajstić information content (AvgIpc) is 2.92. The summed E-state index contributed by atoms with van der Waals surface area (Å²) >= 11 is 1.75. The molecule has 1 saturated carbocycles. The highest BCUT2D eigenvalue weighted by atomic mass is 32.1. The summed E-state index contributed by atoms with van der Waals surface area (Å²) in [5, 5.41) is 14.2. The lowest BCUT2D eigenvalue weighted by atomic mass is 9.75. The van der Waals surface area contributed by atoms with E-state index in [0.29, 0.717) is 6.10 Å². The molecular weight excluding hydrogens is 232 g/mol. The Hall–Kier alpha value is -0.380. The normalized spacial score (nSPS) is 33.1. The van der Waals surface area contributed by atoms with Gasteiger partial charge in [0.25, 0.3) is 0 Å². The van der Waals surface area contributed by atoms with Gasteiger partial charge in [0.05, 0.1) is 12.7 Å². The highest BCUT2D eigenvalue weighted by molar-refractivity contribution is 7.07. The lowest BCUT2D eigenvalue weighted by Gasteiger charge is -2.32. The minimum absolute atomic E-state index is 0.0447. The summed E-state index contributed by atoms with van der Waals surface area (Å²) < 4.78 is 5.90. The van der Waals surface area contributed by atoms with Crippen molar-refractivity contribution in [2.24, 2.45) is 11.3 Å². The second-order valence-electron chi connectivity index (χ2n) is 5.53. The predicted molar refractivity (Wildman–Crippen MR) is 69.2 cm³/mol. The van der Waals surface area contributed by atoms with E-state index in [4.69, 9.17) is 4.74 Å². The van der Waals surface area contributed by atoms with Gasteiger partial charge in [-0.1, -0.05) is 0 Å². The van der Waals surface area contributed by atoms with Crippen LogP contribution in [0.2, 0.25) is 0 Å². The standard InChI is InChI=1S/C14H20O2S/c15-10-14(5-3-11-4-8-17-9-11)6-7-16-13(14)12-1-2-12/h4,8-9,12-13,15H,1-3,5-7,10H2. The predicted octanol–water partition coefficient (Wildman–Crippen LogP) is 2.86. The monoisotopic (exact) mass is 252 g/mol. The van der Waals surface area contributed by atoms with Gasteiger partial charge in [-0.3, -0.25) is 0 Å². The quantitative estimate of drug-likeness (QED) is 0.873. The van der Waals surface area contributed by atoms with Crippen LogP contribution in [0.15, 0.2) is 16.8 Å². The van der Waals surface area contributed by atoms with Crippen LogP contribution in [0.4, 0.5) is 0 Å². The first kappa shape index (κ1) is 11.7. The summed E-state index contributed by atoms with van der Waals surface area (Å²) in [5.74, 6) is 0.729. The third-order valence-electron chi connectivity index (χ3n) is 4.36. The number of hydrogen-bond donors (Lipinski definition) is 1. The van der Waals surface area contributed by atoms with Crippen molar-refractivity contribution in [3.05, 3.63) is 22.4 Å². The molecule has 1 aliphatic heterocycles. The summed E-state index contributed by atoms with van der Waals surface area (Å²) in [6, 6.07) is 2.19. The van der Waals surface area contributed by atoms with Gasteiger partial charge in [0.2, 0.25) is 0 Å². The van der Waals surface area contributed by atoms with E-state index in [-0.39, 0.29) is 12.0 Å². The van der Waals surface area contributed by atoms with E-state index < -0.39 is 0 Å². The molecule has 2 atom stereocenters. The van der Waals surface area contributed by atoms with Crippen LogP contribution in [-0.2, 0) is 11.2 Å². The summed E-state index contributed by atoms with van der Waals surface area (Å²) in [5.41, 5.74) is 1.45. The number of rotatable bonds is 5. The van der Waals surface area contributed by atoms with Crippen molar-refractivity contribution in [1.82, 2.24) is 0 Å². The topological polar surface area (TPSA) is 29.5 Å². The average molecular weight is 252 g/mol. The van der Waals surface area contributed by atoms with Crippen LogP contribution in [-0.4, -0.2) is 24.4 Å². The number of ether oxygens (including phenoxy) is 1. The van der Waals surface area contributed by atoms with E-state index in [1.165, 1.54) is 18.4 Å². The molecule has 2 fully saturated rings. The lowest BCUT2D eigenvalue weighted by Crippen LogP contribution is -2.36. The summed E-state index contributed by atoms with van der Waals surface area (Å²) in [4.78, 5) is 0. The van der Waals surface area contributed by atoms with Gasteiger partial charge in [0.1, 0.15) is 0 Å². The lowest BCUT2D eigenvalue weighted by molar-refractivity contribution is -0.00401. The van der Waals surface area contributed by atoms with Crippen LogP contribution in [0.25, 0.3) is 0 Å². The minimum atomic E-state index is 0.0447. The summed E-state index contributed by atoms with van der Waals surface area (Å²) in [7, 11) is 0. The number of aryl methyl sites for hydroxylation is 1. The van der Waals surface area contributed by atoms with E-state index in [2.05, 4.69) is 16.8 Å². The molecular formula is C14H20O2S. The highest BCUT2D eigenvalue weighted by Crippen LogP contribution is 2.49. The molecule has 2 unspecified atom stereocenters. The Morgan fingerprint density at radius 2 is 2.35 bits per heavy atom. The van der Waals surface area contributed by atoms with Gasteiger partial charge in [0, 0.05) is 12.0 Å². The second-order valence-corrected chi connectivity index (χ2v) is 6.31. The zero-order valence-electron chi connectivity index (χ0n) is 10.1. The molecule has 94 valence electrons. The third-order valence-corrected chi connectivity index (χ3v) is 5.09. The zero-order chi connectivity index (χ0) is 11.7. The molecule has 2 aliphatic rings. The van der Waals surface area contributed by atoms with Gasteiger partial charge >= 0.3 is 0 Å². The summed E-state index contributed by atoms with van der Waals surface area (Å²) in [6.45, 7) is 1.13. The molecule has 17 heavy (non-hydrogen) atoms. The molecule has 0 amide bonds. The van der Waals surface area contributed by atoms with Gasteiger partial charge < -0.3 is 9.84 Å². The van der Waals surface area contributed by atoms with Crippen molar-refractivity contribution < 1.29 is 9.84 Å². The first-order valence-corrected chi connectivity index (χ1v) is 7.52. The van der Waals surface area contributed by atoms with Crippen LogP contribution in [0.1, 0.15) is 31.2 Å². The van der Waals surface area contributed by atoms with Crippen LogP contribution < -0.4 is 0 Å². The maximum absolute atomic E-state index is 9.81. The van der Waals surface area contributed by atoms with E-state index in [9.17, 15) is 5.11 Å². The Kier molecular flexibility index (Phi) is 3.24. The Balaban J connectivity index is 1.68. The molecule has 2 nitrogen and oxygen atoms in total. The van der Waals surface area contributed by atoms with Gasteiger partial charge in [-0.05, 0) is 60.4 Å². The number of thiophene rings is 1. The van der Waals surface area contributed by atoms with Crippen molar-refractivity contribution in [3.63, 3.8) is 0 Å². The number of aliphatic hydroxyl groups is 1. The first-order valence-electron chi connectivity index (χ1n) is 6.58. The third kappa shape index (κ3) is 2.28. The molecule has 2 heterocycles. The molecule has 3 rings (SSSR count). The molecule has 3 heteroatoms. The summed E-state index contributed by atoms with van der Waals surface area (Å²) in [6.07, 6.45) is 6.11. The fraction of sp³-hybridized carbons (Fsp3) is 0.714. The van der Waals surface area contributed by atoms with Crippen LogP contribution >= 0.6 is 11.3 Å². The Morgan fingerprint density at radius 1 is 1.47 bits per heavy atom. The van der Waals surface area contributed by atoms with Crippen molar-refractivity contribution in [3.8, 4) is 0 Å². The molecule has 0 bridgehead atoms. The fourth-order valence-corrected chi connectivity index (χ4v) is 3.79. The van der Waals surface area contributed by atoms with Crippen molar-refractivity contribution in [1.29, 1.82) is 0 Å². The molecule has 1 aromatic rings. The fourth-order valence-electron chi connectivity index (χ4n) is 3.09. The Labute approximate surface area is 107 Å². The molecule has 1 N–H and O–H groups in total. The van der Waals surface area contributed by atoms with Gasteiger partial charge in [-0.25, -0.2) is 0 Å². The van der Waals surface area contributed by atoms with Gasteiger partial charge in [-0.2, -0.15) is 11.3 Å². The Bertz CT molecular complexity index is 358. The SMILES string of the molecule is OCC1(CCc2ccsc2)CCOC1C1CC1. The molecule has 1 aromatic heterocycles. The van der Waals surface area contributed by atoms with Crippen molar-refractivity contribution >= 4 is 11.3 Å². The van der Waals surface area contributed by atoms with Crippen molar-refractivity contribution in [2.75, 3.05) is 13.2 Å². The number of hydrogen-bond acceptors (Lipinski definition) is 3. The van der Waals surface area contributed by atoms with Crippen LogP contribution in [0.5, 0.6) is 0 Å². The van der Waals surface area contributed by atoms with E-state index in [0.717, 1.165) is 31.8 Å². The first-order chi connectivity index (χ1) is 8.34. The second kappa shape index (κ2) is 4.71. The van der Waals surface area contributed by atoms with Crippen LogP contribution in [0, 0.1) is 11.3 Å². The molecule has 0 radical (unpaired) electrons. The smallest absolute Gasteiger partial charge is 0.0682 e. The zero-order valence-corrected chi connectivity index (χ0v) is 10.9. The van der Waals surface area contributed by atoms with E-state index >= 15 is 0 Å². The maximum Gasteiger partial charge on any atom is 0.0682 e. The van der Waals surface area contributed by atoms with E-state index in [1.54, 1.807) is 11.3 Å². The maximum atomic E-state index is 9.81. The largest absolute Gasteiger partial charge is 0.396 e. The highest BCUT2D eigenvalue weighted by Gasteiger charge is 2.50. The van der Waals surface area contributed by atoms with E-state index in [1.807, 2.05) is 0 Å². The molecule has 1 aliphatic carbocycles. The molecule has 1 saturated heterocycles. The van der Waals surface area contributed by atoms with Crippen molar-refractivity contribution in [2.45, 2.75) is 38.2 Å². The Morgan fingerprint density at radius 3 is 3.00 bits per heavy atom. The molecule has 0 aromatic carbocycles. The number of aliphatic hydroxyl groups excluding tert-OH is 1. The molecule has 0 spiro atoms. The van der Waals surface area contributed by atoms with Crippen LogP contribution in [0.3, 0.4) is 0 Å². The van der Waals surface area contributed by atoms with Gasteiger partial charge in [-0.15, -0.1) is 0 Å². The minimum Gasteiger partial charge on any atom is -0.396 e. The van der Waals surface area contributed by atoms with Gasteiger partial charge in [0.15, 0.2) is 0 Å².